The Balaban J connectivity index is 1.60. The van der Waals surface area contributed by atoms with Crippen LogP contribution in [0.5, 0.6) is 0 Å². The summed E-state index contributed by atoms with van der Waals surface area (Å²) in [7, 11) is 0. The zero-order chi connectivity index (χ0) is 19.1. The molecule has 0 unspecified atom stereocenters. The van der Waals surface area contributed by atoms with E-state index in [1.807, 2.05) is 24.3 Å². The average molecular weight is 364 g/mol. The Hall–Kier alpha value is -3.28. The lowest BCUT2D eigenvalue weighted by molar-refractivity contribution is -0.115. The van der Waals surface area contributed by atoms with Gasteiger partial charge < -0.3 is 10.2 Å². The second-order valence-electron chi connectivity index (χ2n) is 6.13. The van der Waals surface area contributed by atoms with Gasteiger partial charge in [-0.2, -0.15) is 0 Å². The molecule has 0 saturated carbocycles. The first-order valence-corrected chi connectivity index (χ1v) is 8.81. The van der Waals surface area contributed by atoms with Gasteiger partial charge in [0.1, 0.15) is 5.82 Å². The van der Waals surface area contributed by atoms with Crippen LogP contribution in [0.15, 0.2) is 66.7 Å². The van der Waals surface area contributed by atoms with Crippen molar-refractivity contribution in [2.75, 3.05) is 16.8 Å². The highest BCUT2D eigenvalue weighted by Gasteiger charge is 2.09. The fourth-order valence-electron chi connectivity index (χ4n) is 2.69. The summed E-state index contributed by atoms with van der Waals surface area (Å²) in [6.45, 7) is 3.59. The molecule has 1 heterocycles. The van der Waals surface area contributed by atoms with E-state index in [0.717, 1.165) is 24.5 Å². The van der Waals surface area contributed by atoms with Crippen molar-refractivity contribution in [3.8, 4) is 0 Å². The number of nitrogens with zero attached hydrogens (tertiary/aromatic N) is 3. The highest BCUT2D eigenvalue weighted by atomic mass is 19.1. The summed E-state index contributed by atoms with van der Waals surface area (Å²) in [5.41, 5.74) is 1.93. The van der Waals surface area contributed by atoms with E-state index in [9.17, 15) is 9.18 Å². The van der Waals surface area contributed by atoms with Gasteiger partial charge in [0, 0.05) is 13.1 Å². The van der Waals surface area contributed by atoms with Crippen molar-refractivity contribution < 1.29 is 9.18 Å². The van der Waals surface area contributed by atoms with Crippen LogP contribution in [-0.2, 0) is 17.8 Å². The number of hydrogen-bond donors (Lipinski definition) is 1. The molecule has 0 aliphatic heterocycles. The number of amides is 1. The number of aromatic nitrogens is 2. The molecule has 0 bridgehead atoms. The predicted octanol–water partition coefficient (Wildman–Crippen LogP) is 3.82. The SMILES string of the molecule is CCN(Cc1ccccc1)c1ccc(NC(=O)Cc2ccc(F)cc2)nn1. The topological polar surface area (TPSA) is 58.1 Å². The van der Waals surface area contributed by atoms with Gasteiger partial charge >= 0.3 is 0 Å². The van der Waals surface area contributed by atoms with Crippen molar-refractivity contribution in [3.63, 3.8) is 0 Å². The van der Waals surface area contributed by atoms with Crippen LogP contribution in [0.2, 0.25) is 0 Å². The van der Waals surface area contributed by atoms with Crippen molar-refractivity contribution >= 4 is 17.5 Å². The molecule has 5 nitrogen and oxygen atoms in total. The summed E-state index contributed by atoms with van der Waals surface area (Å²) in [6, 6.07) is 19.6. The third kappa shape index (κ3) is 5.34. The summed E-state index contributed by atoms with van der Waals surface area (Å²) in [5, 5.41) is 11.0. The number of carbonyl (C=O) groups excluding carboxylic acids is 1. The Bertz CT molecular complexity index is 867. The molecule has 27 heavy (non-hydrogen) atoms. The lowest BCUT2D eigenvalue weighted by Gasteiger charge is -2.21. The maximum atomic E-state index is 12.9. The summed E-state index contributed by atoms with van der Waals surface area (Å²) in [6.07, 6.45) is 0.152. The van der Waals surface area contributed by atoms with Crippen molar-refractivity contribution in [1.29, 1.82) is 0 Å². The van der Waals surface area contributed by atoms with Crippen LogP contribution < -0.4 is 10.2 Å². The minimum Gasteiger partial charge on any atom is -0.351 e. The maximum Gasteiger partial charge on any atom is 0.229 e. The van der Waals surface area contributed by atoms with Crippen molar-refractivity contribution in [1.82, 2.24) is 10.2 Å². The fraction of sp³-hybridized carbons (Fsp3) is 0.190. The standard InChI is InChI=1S/C21H21FN4O/c1-2-26(15-17-6-4-3-5-7-17)20-13-12-19(24-25-20)23-21(27)14-16-8-10-18(22)11-9-16/h3-13H,2,14-15H2,1H3,(H,23,24,27). The molecular weight excluding hydrogens is 343 g/mol. The molecular formula is C21H21FN4O. The molecule has 3 aromatic rings. The molecule has 0 aliphatic carbocycles. The molecule has 138 valence electrons. The molecule has 0 atom stereocenters. The molecule has 3 rings (SSSR count). The molecule has 1 amide bonds. The number of carbonyl (C=O) groups is 1. The Morgan fingerprint density at radius 3 is 2.33 bits per heavy atom. The molecule has 6 heteroatoms. The number of halogens is 1. The van der Waals surface area contributed by atoms with Gasteiger partial charge in [0.15, 0.2) is 11.6 Å². The van der Waals surface area contributed by atoms with E-state index in [2.05, 4.69) is 39.5 Å². The molecule has 1 aromatic heterocycles. The van der Waals surface area contributed by atoms with Crippen molar-refractivity contribution in [2.45, 2.75) is 19.9 Å². The zero-order valence-corrected chi connectivity index (χ0v) is 15.1. The van der Waals surface area contributed by atoms with E-state index in [0.29, 0.717) is 5.82 Å². The van der Waals surface area contributed by atoms with E-state index in [-0.39, 0.29) is 18.1 Å². The van der Waals surface area contributed by atoms with Gasteiger partial charge in [-0.25, -0.2) is 4.39 Å². The predicted molar refractivity (Wildman–Crippen MR) is 104 cm³/mol. The van der Waals surface area contributed by atoms with Gasteiger partial charge in [0.05, 0.1) is 6.42 Å². The lowest BCUT2D eigenvalue weighted by Crippen LogP contribution is -2.23. The van der Waals surface area contributed by atoms with Gasteiger partial charge in [-0.05, 0) is 42.3 Å². The smallest absolute Gasteiger partial charge is 0.229 e. The second-order valence-corrected chi connectivity index (χ2v) is 6.13. The van der Waals surface area contributed by atoms with Gasteiger partial charge in [-0.15, -0.1) is 10.2 Å². The summed E-state index contributed by atoms with van der Waals surface area (Å²) < 4.78 is 12.9. The monoisotopic (exact) mass is 364 g/mol. The molecule has 1 N–H and O–H groups in total. The number of nitrogens with one attached hydrogen (secondary N) is 1. The number of benzene rings is 2. The maximum absolute atomic E-state index is 12.9. The van der Waals surface area contributed by atoms with E-state index < -0.39 is 0 Å². The molecule has 0 aliphatic rings. The second kappa shape index (κ2) is 8.89. The van der Waals surface area contributed by atoms with Crippen molar-refractivity contribution in [3.05, 3.63) is 83.7 Å². The Morgan fingerprint density at radius 2 is 1.70 bits per heavy atom. The number of rotatable bonds is 7. The first-order chi connectivity index (χ1) is 13.1. The quantitative estimate of drug-likeness (QED) is 0.692. The lowest BCUT2D eigenvalue weighted by atomic mass is 10.1. The van der Waals surface area contributed by atoms with Gasteiger partial charge in [0.25, 0.3) is 0 Å². The first-order valence-electron chi connectivity index (χ1n) is 8.81. The summed E-state index contributed by atoms with van der Waals surface area (Å²) in [5.74, 6) is 0.594. The molecule has 0 fully saturated rings. The number of anilines is 2. The van der Waals surface area contributed by atoms with Crippen LogP contribution in [0.25, 0.3) is 0 Å². The van der Waals surface area contributed by atoms with E-state index in [1.165, 1.54) is 17.7 Å². The van der Waals surface area contributed by atoms with Gasteiger partial charge in [0.2, 0.25) is 5.91 Å². The van der Waals surface area contributed by atoms with Crippen LogP contribution in [0.1, 0.15) is 18.1 Å². The van der Waals surface area contributed by atoms with Crippen molar-refractivity contribution in [2.24, 2.45) is 0 Å². The largest absolute Gasteiger partial charge is 0.351 e. The summed E-state index contributed by atoms with van der Waals surface area (Å²) in [4.78, 5) is 14.2. The van der Waals surface area contributed by atoms with E-state index in [1.54, 1.807) is 18.2 Å². The minimum atomic E-state index is -0.323. The summed E-state index contributed by atoms with van der Waals surface area (Å²) >= 11 is 0. The van der Waals surface area contributed by atoms with Gasteiger partial charge in [-0.1, -0.05) is 42.5 Å². The molecule has 2 aromatic carbocycles. The number of hydrogen-bond acceptors (Lipinski definition) is 4. The average Bonchev–Trinajstić information content (AvgIpc) is 2.69. The Morgan fingerprint density at radius 1 is 0.963 bits per heavy atom. The minimum absolute atomic E-state index is 0.152. The molecule has 0 radical (unpaired) electrons. The van der Waals surface area contributed by atoms with Crippen LogP contribution in [0, 0.1) is 5.82 Å². The van der Waals surface area contributed by atoms with E-state index in [4.69, 9.17) is 0 Å². The molecule has 0 saturated heterocycles. The normalized spacial score (nSPS) is 10.4. The van der Waals surface area contributed by atoms with Crippen LogP contribution in [0.3, 0.4) is 0 Å². The van der Waals surface area contributed by atoms with Crippen LogP contribution in [-0.4, -0.2) is 22.6 Å². The Kier molecular flexibility index (Phi) is 6.10. The highest BCUT2D eigenvalue weighted by Crippen LogP contribution is 2.15. The fourth-order valence-corrected chi connectivity index (χ4v) is 2.69. The zero-order valence-electron chi connectivity index (χ0n) is 15.1. The molecule has 0 spiro atoms. The van der Waals surface area contributed by atoms with Gasteiger partial charge in [-0.3, -0.25) is 4.79 Å². The highest BCUT2D eigenvalue weighted by molar-refractivity contribution is 5.91. The van der Waals surface area contributed by atoms with Crippen LogP contribution in [0.4, 0.5) is 16.0 Å². The first kappa shape index (κ1) is 18.5. The third-order valence-corrected chi connectivity index (χ3v) is 4.12. The Labute approximate surface area is 157 Å². The van der Waals surface area contributed by atoms with Crippen LogP contribution >= 0.6 is 0 Å². The third-order valence-electron chi connectivity index (χ3n) is 4.12. The van der Waals surface area contributed by atoms with E-state index >= 15 is 0 Å².